The molecule has 6 heteroatoms. The molecule has 3 nitrogen and oxygen atoms in total. The van der Waals surface area contributed by atoms with E-state index in [1.807, 2.05) is 0 Å². The molecule has 0 spiro atoms. The Bertz CT molecular complexity index is 862. The second-order valence-electron chi connectivity index (χ2n) is 6.85. The van der Waals surface area contributed by atoms with E-state index in [1.54, 1.807) is 42.7 Å². The molecule has 126 valence electrons. The van der Waals surface area contributed by atoms with Crippen LogP contribution in [0.2, 0.25) is 5.02 Å². The van der Waals surface area contributed by atoms with Crippen LogP contribution in [0.25, 0.3) is 5.69 Å². The summed E-state index contributed by atoms with van der Waals surface area (Å²) in [5.74, 6) is -3.16. The topological polar surface area (TPSA) is 34.9 Å². The van der Waals surface area contributed by atoms with E-state index in [0.29, 0.717) is 40.6 Å². The van der Waals surface area contributed by atoms with Crippen molar-refractivity contribution in [3.63, 3.8) is 0 Å². The molecule has 0 radical (unpaired) electrons. The lowest BCUT2D eigenvalue weighted by Gasteiger charge is -2.20. The van der Waals surface area contributed by atoms with Gasteiger partial charge in [0.2, 0.25) is 0 Å². The van der Waals surface area contributed by atoms with E-state index < -0.39 is 17.8 Å². The highest BCUT2D eigenvalue weighted by Crippen LogP contribution is 2.67. The molecule has 1 aromatic carbocycles. The van der Waals surface area contributed by atoms with Gasteiger partial charge in [-0.1, -0.05) is 11.6 Å². The summed E-state index contributed by atoms with van der Waals surface area (Å²) in [4.78, 5) is 17.4. The maximum atomic E-state index is 13.5. The first kappa shape index (κ1) is 15.8. The lowest BCUT2D eigenvalue weighted by molar-refractivity contribution is 0.0689. The van der Waals surface area contributed by atoms with Gasteiger partial charge in [0.25, 0.3) is 11.5 Å². The molecule has 2 saturated carbocycles. The van der Waals surface area contributed by atoms with Crippen LogP contribution in [0.5, 0.6) is 0 Å². The lowest BCUT2D eigenvalue weighted by atomic mass is 10.0. The van der Waals surface area contributed by atoms with E-state index in [2.05, 4.69) is 4.98 Å². The minimum absolute atomic E-state index is 0.109. The van der Waals surface area contributed by atoms with E-state index in [9.17, 15) is 13.6 Å². The Morgan fingerprint density at radius 1 is 1.17 bits per heavy atom. The number of nitrogens with zero attached hydrogens (tertiary/aromatic N) is 2. The molecule has 0 bridgehead atoms. The standard InChI is InChI=1S/C18H17ClF2N2O/c1-9-10(2)22-16(11-7-14-15(8-11)18(14,20)21)23(17(9)24)13-5-3-12(19)4-6-13/h3-6,11,14-15H,7-8H2,1-2H3/t11-,14+,15-. The van der Waals surface area contributed by atoms with Crippen LogP contribution in [0.3, 0.4) is 0 Å². The second-order valence-corrected chi connectivity index (χ2v) is 7.29. The predicted molar refractivity (Wildman–Crippen MR) is 88.2 cm³/mol. The molecule has 1 heterocycles. The molecule has 2 aliphatic carbocycles. The van der Waals surface area contributed by atoms with Gasteiger partial charge in [-0.2, -0.15) is 0 Å². The fourth-order valence-corrected chi connectivity index (χ4v) is 4.00. The monoisotopic (exact) mass is 350 g/mol. The third kappa shape index (κ3) is 2.21. The van der Waals surface area contributed by atoms with Crippen LogP contribution in [0, 0.1) is 25.7 Å². The van der Waals surface area contributed by atoms with Crippen LogP contribution in [-0.2, 0) is 0 Å². The molecule has 0 unspecified atom stereocenters. The molecule has 2 aliphatic rings. The maximum Gasteiger partial charge on any atom is 0.261 e. The molecular weight excluding hydrogens is 334 g/mol. The average molecular weight is 351 g/mol. The van der Waals surface area contributed by atoms with E-state index in [0.717, 1.165) is 0 Å². The molecule has 0 saturated heterocycles. The third-order valence-electron chi connectivity index (χ3n) is 5.47. The first-order chi connectivity index (χ1) is 11.3. The molecule has 1 aromatic heterocycles. The molecule has 0 aliphatic heterocycles. The Labute approximate surface area is 143 Å². The molecule has 0 amide bonds. The number of aryl methyl sites for hydroxylation is 1. The smallest absolute Gasteiger partial charge is 0.261 e. The van der Waals surface area contributed by atoms with E-state index in [-0.39, 0.29) is 11.5 Å². The van der Waals surface area contributed by atoms with E-state index in [4.69, 9.17) is 11.6 Å². The Balaban J connectivity index is 1.82. The molecular formula is C18H17ClF2N2O. The second kappa shape index (κ2) is 5.12. The quantitative estimate of drug-likeness (QED) is 0.811. The van der Waals surface area contributed by atoms with Crippen molar-refractivity contribution >= 4 is 11.6 Å². The fourth-order valence-electron chi connectivity index (χ4n) is 3.87. The van der Waals surface area contributed by atoms with Gasteiger partial charge < -0.3 is 0 Å². The number of aromatic nitrogens is 2. The fraction of sp³-hybridized carbons (Fsp3) is 0.444. The van der Waals surface area contributed by atoms with Crippen molar-refractivity contribution in [1.29, 1.82) is 0 Å². The minimum atomic E-state index is -2.53. The number of rotatable bonds is 2. The summed E-state index contributed by atoms with van der Waals surface area (Å²) in [6.07, 6.45) is 0.778. The van der Waals surface area contributed by atoms with Crippen LogP contribution in [0.15, 0.2) is 29.1 Å². The molecule has 0 N–H and O–H groups in total. The van der Waals surface area contributed by atoms with E-state index >= 15 is 0 Å². The number of hydrogen-bond donors (Lipinski definition) is 0. The van der Waals surface area contributed by atoms with Gasteiger partial charge in [-0.3, -0.25) is 9.36 Å². The summed E-state index contributed by atoms with van der Waals surface area (Å²) < 4.78 is 28.6. The highest BCUT2D eigenvalue weighted by Gasteiger charge is 2.71. The summed E-state index contributed by atoms with van der Waals surface area (Å²) in [7, 11) is 0. The number of fused-ring (bicyclic) bond motifs is 1. The van der Waals surface area contributed by atoms with Crippen LogP contribution in [0.1, 0.15) is 35.8 Å². The largest absolute Gasteiger partial charge is 0.269 e. The van der Waals surface area contributed by atoms with Crippen molar-refractivity contribution in [2.24, 2.45) is 11.8 Å². The van der Waals surface area contributed by atoms with Gasteiger partial charge >= 0.3 is 0 Å². The first-order valence-electron chi connectivity index (χ1n) is 8.04. The van der Waals surface area contributed by atoms with Gasteiger partial charge in [-0.15, -0.1) is 0 Å². The molecule has 2 fully saturated rings. The summed E-state index contributed by atoms with van der Waals surface area (Å²) in [6.45, 7) is 3.53. The van der Waals surface area contributed by atoms with Gasteiger partial charge in [-0.05, 0) is 51.0 Å². The molecule has 24 heavy (non-hydrogen) atoms. The normalized spacial score (nSPS) is 27.1. The lowest BCUT2D eigenvalue weighted by Crippen LogP contribution is -2.28. The Hall–Kier alpha value is -1.75. The summed E-state index contributed by atoms with van der Waals surface area (Å²) >= 11 is 5.93. The van der Waals surface area contributed by atoms with Crippen molar-refractivity contribution in [2.75, 3.05) is 0 Å². The zero-order valence-corrected chi connectivity index (χ0v) is 14.1. The van der Waals surface area contributed by atoms with Crippen molar-refractivity contribution in [2.45, 2.75) is 38.5 Å². The number of halogens is 3. The Kier molecular flexibility index (Phi) is 3.36. The number of alkyl halides is 2. The van der Waals surface area contributed by atoms with Gasteiger partial charge in [0, 0.05) is 34.0 Å². The van der Waals surface area contributed by atoms with Crippen molar-refractivity contribution in [3.05, 3.63) is 56.7 Å². The van der Waals surface area contributed by atoms with Crippen LogP contribution in [-0.4, -0.2) is 15.5 Å². The Morgan fingerprint density at radius 2 is 1.75 bits per heavy atom. The van der Waals surface area contributed by atoms with Crippen LogP contribution >= 0.6 is 11.6 Å². The number of hydrogen-bond acceptors (Lipinski definition) is 2. The van der Waals surface area contributed by atoms with Gasteiger partial charge in [0.05, 0.1) is 5.69 Å². The highest BCUT2D eigenvalue weighted by molar-refractivity contribution is 6.30. The SMILES string of the molecule is Cc1nc([C@H]2C[C@@H]3[C@H](C2)C3(F)F)n(-c2ccc(Cl)cc2)c(=O)c1C. The zero-order valence-electron chi connectivity index (χ0n) is 13.4. The maximum absolute atomic E-state index is 13.5. The summed E-state index contributed by atoms with van der Waals surface area (Å²) in [6, 6.07) is 6.94. The van der Waals surface area contributed by atoms with Crippen molar-refractivity contribution in [3.8, 4) is 5.69 Å². The van der Waals surface area contributed by atoms with E-state index in [1.165, 1.54) is 0 Å². The van der Waals surface area contributed by atoms with Crippen LogP contribution in [0.4, 0.5) is 8.78 Å². The van der Waals surface area contributed by atoms with Gasteiger partial charge in [-0.25, -0.2) is 13.8 Å². The third-order valence-corrected chi connectivity index (χ3v) is 5.72. The average Bonchev–Trinajstić information content (AvgIpc) is 2.91. The minimum Gasteiger partial charge on any atom is -0.269 e. The van der Waals surface area contributed by atoms with Gasteiger partial charge in [0.15, 0.2) is 0 Å². The highest BCUT2D eigenvalue weighted by atomic mass is 35.5. The van der Waals surface area contributed by atoms with Crippen molar-refractivity contribution < 1.29 is 8.78 Å². The predicted octanol–water partition coefficient (Wildman–Crippen LogP) is 4.26. The molecule has 3 atom stereocenters. The Morgan fingerprint density at radius 3 is 2.33 bits per heavy atom. The van der Waals surface area contributed by atoms with Gasteiger partial charge in [0.1, 0.15) is 5.82 Å². The zero-order chi connectivity index (χ0) is 17.2. The molecule has 4 rings (SSSR count). The summed E-state index contributed by atoms with van der Waals surface area (Å²) in [5.41, 5.74) is 1.75. The molecule has 2 aromatic rings. The van der Waals surface area contributed by atoms with Crippen LogP contribution < -0.4 is 5.56 Å². The first-order valence-corrected chi connectivity index (χ1v) is 8.42. The number of benzene rings is 1. The van der Waals surface area contributed by atoms with Crippen molar-refractivity contribution in [1.82, 2.24) is 9.55 Å². The summed E-state index contributed by atoms with van der Waals surface area (Å²) in [5, 5.41) is 0.576.